The predicted molar refractivity (Wildman–Crippen MR) is 157 cm³/mol. The first kappa shape index (κ1) is 41.9. The Morgan fingerprint density at radius 2 is 0.902 bits per heavy atom. The molecule has 296 valence electrons. The van der Waals surface area contributed by atoms with E-state index in [9.17, 15) is 70.9 Å². The van der Waals surface area contributed by atoms with Crippen LogP contribution in [0, 0.1) is 0 Å². The molecule has 4 aliphatic rings. The van der Waals surface area contributed by atoms with Crippen molar-refractivity contribution in [2.24, 2.45) is 0 Å². The average molecular weight is 749 g/mol. The molecule has 4 saturated heterocycles. The Kier molecular flexibility index (Phi) is 14.8. The fourth-order valence-electron chi connectivity index (χ4n) is 6.35. The minimum Gasteiger partial charge on any atom is -0.394 e. The van der Waals surface area contributed by atoms with Crippen LogP contribution in [-0.4, -0.2) is 222 Å². The van der Waals surface area contributed by atoms with Crippen molar-refractivity contribution < 1.29 is 104 Å². The molecule has 51 heavy (non-hydrogen) atoms. The van der Waals surface area contributed by atoms with Crippen molar-refractivity contribution in [3.8, 4) is 0 Å². The number of hydrogen-bond donors (Lipinski definition) is 14. The summed E-state index contributed by atoms with van der Waals surface area (Å²) in [6.07, 6.45) is -31.8. The minimum absolute atomic E-state index is 0.671. The van der Waals surface area contributed by atoms with Gasteiger partial charge in [-0.3, -0.25) is 9.59 Å². The molecule has 0 radical (unpaired) electrons. The van der Waals surface area contributed by atoms with Gasteiger partial charge in [-0.2, -0.15) is 0 Å². The van der Waals surface area contributed by atoms with Crippen molar-refractivity contribution in [3.63, 3.8) is 0 Å². The standard InChI is InChI=1S/C28H48N2O21/c1-7(35)29-13-18(40)22(12(6-34)45-25(13)44)49-28-21(43)24(17(39)11(5-33)48-28)51-26-14(30-8(2)36)23(16(38)10(4-32)46-26)50-27-20(42)19(41)15(37)9(3-31)47-27/h9-28,31-34,37-44H,3-6H2,1-2H3,(H,29,35)(H,30,36)/t9-,10-,11-,12-,13-,14-,15+,16-,17+,18-,19+,20-,21-,22-,23-,24+,25-,26+,27+,28+/m1/s1. The van der Waals surface area contributed by atoms with E-state index >= 15 is 0 Å². The Morgan fingerprint density at radius 1 is 0.471 bits per heavy atom. The normalized spacial score (nSPS) is 47.8. The molecule has 0 aliphatic carbocycles. The maximum Gasteiger partial charge on any atom is 0.217 e. The lowest BCUT2D eigenvalue weighted by atomic mass is 9.94. The first-order valence-electron chi connectivity index (χ1n) is 16.1. The van der Waals surface area contributed by atoms with Crippen molar-refractivity contribution in [2.45, 2.75) is 137 Å². The molecule has 0 aromatic rings. The molecule has 2 amide bonds. The minimum atomic E-state index is -2.05. The highest BCUT2D eigenvalue weighted by Crippen LogP contribution is 2.34. The Bertz CT molecular complexity index is 1140. The number of aliphatic hydroxyl groups excluding tert-OH is 12. The van der Waals surface area contributed by atoms with E-state index in [-0.39, 0.29) is 0 Å². The number of aliphatic hydroxyl groups is 12. The molecule has 0 aromatic carbocycles. The summed E-state index contributed by atoms with van der Waals surface area (Å²) < 4.78 is 39.3. The first-order valence-corrected chi connectivity index (χ1v) is 16.1. The van der Waals surface area contributed by atoms with Crippen LogP contribution in [0.25, 0.3) is 0 Å². The SMILES string of the molecule is CC(=O)N[C@@H]1[C@@H](O)[C@H](O[C@@H]2O[C@H](CO)[C@H](O)[C@H](O[C@@H]3O[C@H](CO)[C@@H](O)[C@H](O[C@@H]4O[C@H](CO)[C@H](O)[C@H](O)[C@H]4O)[C@H]3NC(C)=O)[C@H]2O)[C@@H](CO)O[C@H]1O. The maximum atomic E-state index is 12.3. The number of ether oxygens (including phenoxy) is 7. The van der Waals surface area contributed by atoms with E-state index in [1.165, 1.54) is 0 Å². The van der Waals surface area contributed by atoms with Gasteiger partial charge >= 0.3 is 0 Å². The molecule has 0 unspecified atom stereocenters. The molecule has 23 nitrogen and oxygen atoms in total. The smallest absolute Gasteiger partial charge is 0.217 e. The van der Waals surface area contributed by atoms with Crippen molar-refractivity contribution >= 4 is 11.8 Å². The Balaban J connectivity index is 1.62. The van der Waals surface area contributed by atoms with Crippen LogP contribution in [0.3, 0.4) is 0 Å². The van der Waals surface area contributed by atoms with Crippen molar-refractivity contribution in [1.29, 1.82) is 0 Å². The summed E-state index contributed by atoms with van der Waals surface area (Å²) in [4.78, 5) is 24.0. The van der Waals surface area contributed by atoms with Gasteiger partial charge in [0.1, 0.15) is 97.5 Å². The third-order valence-corrected chi connectivity index (χ3v) is 9.01. The molecular formula is C28H48N2O21. The summed E-state index contributed by atoms with van der Waals surface area (Å²) in [5.74, 6) is -1.44. The average Bonchev–Trinajstić information content (AvgIpc) is 3.08. The summed E-state index contributed by atoms with van der Waals surface area (Å²) in [6.45, 7) is -1.33. The van der Waals surface area contributed by atoms with E-state index < -0.39 is 161 Å². The number of carbonyl (C=O) groups is 2. The molecular weight excluding hydrogens is 700 g/mol. The fraction of sp³-hybridized carbons (Fsp3) is 0.929. The molecule has 0 aromatic heterocycles. The van der Waals surface area contributed by atoms with Gasteiger partial charge in [-0.25, -0.2) is 0 Å². The molecule has 4 aliphatic heterocycles. The van der Waals surface area contributed by atoms with Crippen LogP contribution in [0.5, 0.6) is 0 Å². The largest absolute Gasteiger partial charge is 0.394 e. The Labute approximate surface area is 289 Å². The highest BCUT2D eigenvalue weighted by atomic mass is 16.8. The zero-order valence-electron chi connectivity index (χ0n) is 27.4. The van der Waals surface area contributed by atoms with E-state index in [1.807, 2.05) is 0 Å². The topological polar surface area (TPSA) is 366 Å². The van der Waals surface area contributed by atoms with Crippen molar-refractivity contribution in [2.75, 3.05) is 26.4 Å². The second kappa shape index (κ2) is 18.0. The van der Waals surface area contributed by atoms with Crippen LogP contribution in [0.4, 0.5) is 0 Å². The highest BCUT2D eigenvalue weighted by Gasteiger charge is 2.56. The highest BCUT2D eigenvalue weighted by molar-refractivity contribution is 5.73. The molecule has 0 spiro atoms. The van der Waals surface area contributed by atoms with Gasteiger partial charge in [-0.1, -0.05) is 0 Å². The van der Waals surface area contributed by atoms with Crippen LogP contribution in [0.15, 0.2) is 0 Å². The molecule has 14 N–H and O–H groups in total. The predicted octanol–water partition coefficient (Wildman–Crippen LogP) is -9.46. The van der Waals surface area contributed by atoms with Crippen LogP contribution in [0.2, 0.25) is 0 Å². The molecule has 0 saturated carbocycles. The van der Waals surface area contributed by atoms with E-state index in [4.69, 9.17) is 33.2 Å². The van der Waals surface area contributed by atoms with Crippen LogP contribution in [-0.2, 0) is 42.7 Å². The summed E-state index contributed by atoms with van der Waals surface area (Å²) in [5, 5.41) is 130. The van der Waals surface area contributed by atoms with E-state index in [0.29, 0.717) is 0 Å². The van der Waals surface area contributed by atoms with E-state index in [0.717, 1.165) is 13.8 Å². The molecule has 23 heteroatoms. The third kappa shape index (κ3) is 9.11. The number of carbonyl (C=O) groups excluding carboxylic acids is 2. The van der Waals surface area contributed by atoms with Crippen LogP contribution >= 0.6 is 0 Å². The fourth-order valence-corrected chi connectivity index (χ4v) is 6.35. The van der Waals surface area contributed by atoms with Gasteiger partial charge in [0.15, 0.2) is 25.2 Å². The number of rotatable bonds is 12. The summed E-state index contributed by atoms with van der Waals surface area (Å²) >= 11 is 0. The molecule has 4 fully saturated rings. The van der Waals surface area contributed by atoms with Gasteiger partial charge in [-0.05, 0) is 0 Å². The van der Waals surface area contributed by atoms with E-state index in [2.05, 4.69) is 10.6 Å². The molecule has 4 rings (SSSR count). The molecule has 4 heterocycles. The lowest BCUT2D eigenvalue weighted by Crippen LogP contribution is -2.70. The zero-order valence-corrected chi connectivity index (χ0v) is 27.4. The maximum absolute atomic E-state index is 12.3. The molecule has 0 bridgehead atoms. The Hall–Kier alpha value is -1.82. The van der Waals surface area contributed by atoms with Crippen molar-refractivity contribution in [3.05, 3.63) is 0 Å². The van der Waals surface area contributed by atoms with Gasteiger partial charge in [0.25, 0.3) is 0 Å². The summed E-state index contributed by atoms with van der Waals surface area (Å²) in [5.41, 5.74) is 0. The second-order valence-corrected chi connectivity index (χ2v) is 12.6. The number of hydrogen-bond acceptors (Lipinski definition) is 21. The van der Waals surface area contributed by atoms with Crippen LogP contribution < -0.4 is 10.6 Å². The van der Waals surface area contributed by atoms with Gasteiger partial charge in [-0.15, -0.1) is 0 Å². The van der Waals surface area contributed by atoms with Crippen LogP contribution in [0.1, 0.15) is 13.8 Å². The van der Waals surface area contributed by atoms with Crippen molar-refractivity contribution in [1.82, 2.24) is 10.6 Å². The van der Waals surface area contributed by atoms with Gasteiger partial charge in [0.2, 0.25) is 11.8 Å². The summed E-state index contributed by atoms with van der Waals surface area (Å²) in [7, 11) is 0. The zero-order chi connectivity index (χ0) is 37.9. The number of amides is 2. The Morgan fingerprint density at radius 3 is 1.43 bits per heavy atom. The lowest BCUT2D eigenvalue weighted by Gasteiger charge is -2.50. The third-order valence-electron chi connectivity index (χ3n) is 9.01. The molecule has 20 atom stereocenters. The second-order valence-electron chi connectivity index (χ2n) is 12.6. The van der Waals surface area contributed by atoms with Gasteiger partial charge in [0.05, 0.1) is 26.4 Å². The summed E-state index contributed by atoms with van der Waals surface area (Å²) in [6, 6.07) is -3.09. The lowest BCUT2D eigenvalue weighted by molar-refractivity contribution is -0.376. The van der Waals surface area contributed by atoms with Gasteiger partial charge < -0.3 is 105 Å². The monoisotopic (exact) mass is 748 g/mol. The first-order chi connectivity index (χ1) is 24.1. The van der Waals surface area contributed by atoms with Gasteiger partial charge in [0, 0.05) is 13.8 Å². The quantitative estimate of drug-likeness (QED) is 0.0881. The number of nitrogens with one attached hydrogen (secondary N) is 2. The van der Waals surface area contributed by atoms with E-state index in [1.54, 1.807) is 0 Å².